The fourth-order valence-electron chi connectivity index (χ4n) is 4.36. The number of nitrogens with zero attached hydrogens (tertiary/aromatic N) is 6. The van der Waals surface area contributed by atoms with Crippen LogP contribution in [0, 0.1) is 5.41 Å². The molecular formula is C18H20F3N7O2S2. The van der Waals surface area contributed by atoms with E-state index in [0.717, 1.165) is 30.6 Å². The normalized spacial score (nSPS) is 19.6. The van der Waals surface area contributed by atoms with Gasteiger partial charge in [-0.1, -0.05) is 11.3 Å². The molecule has 2 fully saturated rings. The summed E-state index contributed by atoms with van der Waals surface area (Å²) in [5.74, 6) is -0.577. The van der Waals surface area contributed by atoms with Gasteiger partial charge in [0.1, 0.15) is 5.82 Å². The highest BCUT2D eigenvalue weighted by molar-refractivity contribution is 7.88. The summed E-state index contributed by atoms with van der Waals surface area (Å²) in [4.78, 5) is 10.8. The molecule has 0 aliphatic carbocycles. The highest BCUT2D eigenvalue weighted by Crippen LogP contribution is 2.42. The van der Waals surface area contributed by atoms with Gasteiger partial charge in [-0.25, -0.2) is 27.2 Å². The Morgan fingerprint density at radius 3 is 2.66 bits per heavy atom. The molecule has 1 spiro atoms. The van der Waals surface area contributed by atoms with E-state index in [-0.39, 0.29) is 11.0 Å². The molecule has 2 aliphatic heterocycles. The van der Waals surface area contributed by atoms with Crippen molar-refractivity contribution in [2.75, 3.05) is 43.1 Å². The zero-order valence-corrected chi connectivity index (χ0v) is 18.6. The zero-order chi connectivity index (χ0) is 22.9. The second kappa shape index (κ2) is 7.02. The Morgan fingerprint density at radius 1 is 1.25 bits per heavy atom. The van der Waals surface area contributed by atoms with Crippen LogP contribution in [0.25, 0.3) is 16.2 Å². The minimum absolute atomic E-state index is 0.0656. The van der Waals surface area contributed by atoms with Gasteiger partial charge in [-0.3, -0.25) is 0 Å². The Kier molecular flexibility index (Phi) is 4.70. The molecule has 0 saturated carbocycles. The van der Waals surface area contributed by atoms with E-state index >= 15 is 0 Å². The smallest absolute Gasteiger partial charge is 0.383 e. The van der Waals surface area contributed by atoms with Crippen LogP contribution in [0.3, 0.4) is 0 Å². The molecule has 0 radical (unpaired) electrons. The van der Waals surface area contributed by atoms with Crippen LogP contribution in [0.15, 0.2) is 18.5 Å². The molecule has 3 aromatic rings. The van der Waals surface area contributed by atoms with E-state index in [9.17, 15) is 21.6 Å². The first kappa shape index (κ1) is 21.4. The summed E-state index contributed by atoms with van der Waals surface area (Å²) in [6.45, 7) is 2.54. The molecule has 0 amide bonds. The first-order valence-electron chi connectivity index (χ1n) is 9.83. The summed E-state index contributed by atoms with van der Waals surface area (Å²) < 4.78 is 65.9. The Hall–Kier alpha value is -2.45. The third kappa shape index (κ3) is 3.69. The van der Waals surface area contributed by atoms with Crippen molar-refractivity contribution in [1.29, 1.82) is 0 Å². The van der Waals surface area contributed by atoms with E-state index in [4.69, 9.17) is 5.73 Å². The monoisotopic (exact) mass is 487 g/mol. The third-order valence-electron chi connectivity index (χ3n) is 5.98. The summed E-state index contributed by atoms with van der Waals surface area (Å²) in [5.41, 5.74) is 4.84. The maximum Gasteiger partial charge on any atom is 0.419 e. The maximum atomic E-state index is 13.1. The van der Waals surface area contributed by atoms with E-state index in [2.05, 4.69) is 20.0 Å². The minimum Gasteiger partial charge on any atom is -0.383 e. The average Bonchev–Trinajstić information content (AvgIpc) is 3.24. The van der Waals surface area contributed by atoms with Crippen LogP contribution in [0.2, 0.25) is 0 Å². The second-order valence-corrected chi connectivity index (χ2v) is 11.4. The average molecular weight is 488 g/mol. The first-order valence-corrected chi connectivity index (χ1v) is 12.5. The van der Waals surface area contributed by atoms with Crippen molar-refractivity contribution in [3.8, 4) is 11.3 Å². The number of rotatable bonds is 3. The predicted octanol–water partition coefficient (Wildman–Crippen LogP) is 2.32. The number of sulfonamides is 1. The van der Waals surface area contributed by atoms with Gasteiger partial charge in [-0.15, -0.1) is 5.10 Å². The lowest BCUT2D eigenvalue weighted by molar-refractivity contribution is -0.137. The van der Waals surface area contributed by atoms with Gasteiger partial charge in [0.15, 0.2) is 0 Å². The summed E-state index contributed by atoms with van der Waals surface area (Å²) >= 11 is 1.34. The van der Waals surface area contributed by atoms with Gasteiger partial charge in [-0.05, 0) is 18.9 Å². The molecule has 2 N–H and O–H groups in total. The number of hydrogen-bond donors (Lipinski definition) is 1. The molecule has 0 unspecified atom stereocenters. The largest absolute Gasteiger partial charge is 0.419 e. The van der Waals surface area contributed by atoms with Crippen LogP contribution in [0.4, 0.5) is 24.1 Å². The van der Waals surface area contributed by atoms with Crippen molar-refractivity contribution in [3.05, 3.63) is 24.0 Å². The second-order valence-electron chi connectivity index (χ2n) is 8.45. The summed E-state index contributed by atoms with van der Waals surface area (Å²) in [5, 5.41) is 5.31. The molecule has 2 aliphatic rings. The highest BCUT2D eigenvalue weighted by Gasteiger charge is 2.49. The number of anilines is 2. The minimum atomic E-state index is -4.60. The van der Waals surface area contributed by atoms with Crippen LogP contribution in [-0.4, -0.2) is 64.7 Å². The Balaban J connectivity index is 1.37. The topological polar surface area (TPSA) is 110 Å². The molecule has 0 aromatic carbocycles. The zero-order valence-electron chi connectivity index (χ0n) is 17.0. The number of aromatic nitrogens is 4. The van der Waals surface area contributed by atoms with E-state index in [1.54, 1.807) is 10.7 Å². The number of piperidine rings is 1. The van der Waals surface area contributed by atoms with Gasteiger partial charge in [0.25, 0.3) is 0 Å². The van der Waals surface area contributed by atoms with Gasteiger partial charge >= 0.3 is 6.18 Å². The molecule has 0 atom stereocenters. The maximum absolute atomic E-state index is 13.1. The number of nitrogens with two attached hydrogens (primary N) is 1. The number of imidazole rings is 1. The van der Waals surface area contributed by atoms with Crippen molar-refractivity contribution in [2.45, 2.75) is 19.0 Å². The molecule has 0 bridgehead atoms. The van der Waals surface area contributed by atoms with E-state index < -0.39 is 27.6 Å². The van der Waals surface area contributed by atoms with Crippen molar-refractivity contribution in [2.24, 2.45) is 5.41 Å². The number of fused-ring (bicyclic) bond motifs is 1. The highest BCUT2D eigenvalue weighted by atomic mass is 32.2. The van der Waals surface area contributed by atoms with Crippen molar-refractivity contribution in [1.82, 2.24) is 23.9 Å². The number of halogens is 3. The summed E-state index contributed by atoms with van der Waals surface area (Å²) in [6.07, 6.45) is 1.35. The molecule has 5 rings (SSSR count). The van der Waals surface area contributed by atoms with Gasteiger partial charge in [-0.2, -0.15) is 13.2 Å². The van der Waals surface area contributed by atoms with Crippen LogP contribution < -0.4 is 10.6 Å². The molecule has 9 nitrogen and oxygen atoms in total. The molecule has 32 heavy (non-hydrogen) atoms. The summed E-state index contributed by atoms with van der Waals surface area (Å²) in [6, 6.07) is 0.939. The lowest BCUT2D eigenvalue weighted by atomic mass is 9.75. The quantitative estimate of drug-likeness (QED) is 0.604. The number of nitrogen functional groups attached to an aromatic ring is 1. The lowest BCUT2D eigenvalue weighted by Crippen LogP contribution is -2.64. The van der Waals surface area contributed by atoms with Crippen LogP contribution in [-0.2, 0) is 16.2 Å². The fourth-order valence-corrected chi connectivity index (χ4v) is 6.29. The van der Waals surface area contributed by atoms with Crippen LogP contribution in [0.5, 0.6) is 0 Å². The molecule has 5 heterocycles. The molecular weight excluding hydrogens is 467 g/mol. The van der Waals surface area contributed by atoms with Gasteiger partial charge in [0, 0.05) is 43.4 Å². The SMILES string of the molecule is CS(=O)(=O)N1CC2(CCCN(c3nn4cc(-c5cnc(N)c(C(F)(F)F)c5)nc4s3)C2)C1. The Bertz CT molecular complexity index is 1260. The van der Waals surface area contributed by atoms with E-state index in [1.807, 2.05) is 0 Å². The first-order chi connectivity index (χ1) is 14.9. The Morgan fingerprint density at radius 2 is 2.00 bits per heavy atom. The summed E-state index contributed by atoms with van der Waals surface area (Å²) in [7, 11) is -3.18. The number of alkyl halides is 3. The van der Waals surface area contributed by atoms with Crippen molar-refractivity contribution >= 4 is 37.3 Å². The van der Waals surface area contributed by atoms with E-state index in [0.29, 0.717) is 30.3 Å². The fraction of sp³-hybridized carbons (Fsp3) is 0.500. The molecule has 172 valence electrons. The number of pyridine rings is 1. The van der Waals surface area contributed by atoms with E-state index in [1.165, 1.54) is 28.1 Å². The van der Waals surface area contributed by atoms with Crippen LogP contribution >= 0.6 is 11.3 Å². The third-order valence-corrected chi connectivity index (χ3v) is 8.16. The van der Waals surface area contributed by atoms with Gasteiger partial charge in [0.2, 0.25) is 20.1 Å². The van der Waals surface area contributed by atoms with Crippen molar-refractivity contribution in [3.63, 3.8) is 0 Å². The lowest BCUT2D eigenvalue weighted by Gasteiger charge is -2.53. The van der Waals surface area contributed by atoms with Crippen LogP contribution in [0.1, 0.15) is 18.4 Å². The standard InChI is InChI=1S/C18H20F3N7O2S2/c1-32(29,30)27-9-17(10-27)3-2-4-26(8-17)16-25-28-7-13(24-15(28)31-16)11-5-12(18(19,20)21)14(22)23-6-11/h5-7H,2-4,8-10H2,1H3,(H2,22,23). The molecule has 3 aromatic heterocycles. The van der Waals surface area contributed by atoms with Gasteiger partial charge < -0.3 is 10.6 Å². The number of hydrogen-bond acceptors (Lipinski definition) is 8. The van der Waals surface area contributed by atoms with Crippen molar-refractivity contribution < 1.29 is 21.6 Å². The Labute approximate surface area is 185 Å². The molecule has 14 heteroatoms. The van der Waals surface area contributed by atoms with Gasteiger partial charge in [0.05, 0.1) is 23.7 Å². The predicted molar refractivity (Wildman–Crippen MR) is 114 cm³/mol. The molecule has 2 saturated heterocycles.